The number of ether oxygens (including phenoxy) is 1. The SMILES string of the molecule is CCN(CC1CCNCC1)CC(C)(O)C(=O)OC. The van der Waals surface area contributed by atoms with Gasteiger partial charge in [-0.3, -0.25) is 4.90 Å². The third kappa shape index (κ3) is 4.55. The minimum absolute atomic E-state index is 0.333. The van der Waals surface area contributed by atoms with Crippen molar-refractivity contribution < 1.29 is 14.6 Å². The van der Waals surface area contributed by atoms with Crippen molar-refractivity contribution in [3.8, 4) is 0 Å². The molecule has 1 fully saturated rings. The van der Waals surface area contributed by atoms with Crippen LogP contribution >= 0.6 is 0 Å². The molecule has 5 heteroatoms. The minimum atomic E-state index is -1.42. The second kappa shape index (κ2) is 7.07. The van der Waals surface area contributed by atoms with E-state index in [4.69, 9.17) is 0 Å². The van der Waals surface area contributed by atoms with Crippen LogP contribution in [0.5, 0.6) is 0 Å². The lowest BCUT2D eigenvalue weighted by atomic mass is 9.96. The van der Waals surface area contributed by atoms with Gasteiger partial charge in [0.2, 0.25) is 0 Å². The molecule has 0 aromatic heterocycles. The van der Waals surface area contributed by atoms with Crippen LogP contribution in [0.3, 0.4) is 0 Å². The molecular weight excluding hydrogens is 232 g/mol. The Hall–Kier alpha value is -0.650. The monoisotopic (exact) mass is 258 g/mol. The molecule has 0 radical (unpaired) electrons. The van der Waals surface area contributed by atoms with Crippen molar-refractivity contribution in [2.24, 2.45) is 5.92 Å². The number of nitrogens with one attached hydrogen (secondary N) is 1. The van der Waals surface area contributed by atoms with Gasteiger partial charge in [-0.15, -0.1) is 0 Å². The summed E-state index contributed by atoms with van der Waals surface area (Å²) in [6.07, 6.45) is 2.33. The van der Waals surface area contributed by atoms with E-state index in [0.717, 1.165) is 39.0 Å². The quantitative estimate of drug-likeness (QED) is 0.668. The summed E-state index contributed by atoms with van der Waals surface area (Å²) in [5, 5.41) is 13.4. The van der Waals surface area contributed by atoms with Gasteiger partial charge in [0.05, 0.1) is 7.11 Å². The van der Waals surface area contributed by atoms with Crippen LogP contribution in [0.15, 0.2) is 0 Å². The molecule has 0 amide bonds. The lowest BCUT2D eigenvalue weighted by Crippen LogP contribution is -2.49. The molecule has 0 bridgehead atoms. The number of hydrogen-bond acceptors (Lipinski definition) is 5. The summed E-state index contributed by atoms with van der Waals surface area (Å²) in [6, 6.07) is 0. The Morgan fingerprint density at radius 3 is 2.61 bits per heavy atom. The number of hydrogen-bond donors (Lipinski definition) is 2. The summed E-state index contributed by atoms with van der Waals surface area (Å²) >= 11 is 0. The average molecular weight is 258 g/mol. The van der Waals surface area contributed by atoms with E-state index >= 15 is 0 Å². The number of methoxy groups -OCH3 is 1. The zero-order valence-electron chi connectivity index (χ0n) is 11.7. The highest BCUT2D eigenvalue weighted by Crippen LogP contribution is 2.16. The molecule has 1 aliphatic heterocycles. The molecule has 0 aromatic carbocycles. The molecule has 1 rings (SSSR count). The highest BCUT2D eigenvalue weighted by atomic mass is 16.5. The summed E-state index contributed by atoms with van der Waals surface area (Å²) in [7, 11) is 1.31. The molecular formula is C13H26N2O3. The molecule has 2 N–H and O–H groups in total. The van der Waals surface area contributed by atoms with Crippen molar-refractivity contribution in [3.05, 3.63) is 0 Å². The first kappa shape index (κ1) is 15.4. The van der Waals surface area contributed by atoms with E-state index < -0.39 is 11.6 Å². The first-order valence-corrected chi connectivity index (χ1v) is 6.73. The predicted octanol–water partition coefficient (Wildman–Crippen LogP) is 0.232. The molecule has 106 valence electrons. The van der Waals surface area contributed by atoms with Crippen LogP contribution in [0.25, 0.3) is 0 Å². The van der Waals surface area contributed by atoms with Crippen molar-refractivity contribution >= 4 is 5.97 Å². The van der Waals surface area contributed by atoms with Gasteiger partial charge in [0.1, 0.15) is 0 Å². The van der Waals surface area contributed by atoms with Gasteiger partial charge in [0.15, 0.2) is 5.60 Å². The topological polar surface area (TPSA) is 61.8 Å². The molecule has 0 saturated carbocycles. The Kier molecular flexibility index (Phi) is 6.05. The summed E-state index contributed by atoms with van der Waals surface area (Å²) in [6.45, 7) is 7.80. The molecule has 0 aliphatic carbocycles. The molecule has 1 unspecified atom stereocenters. The number of esters is 1. The smallest absolute Gasteiger partial charge is 0.338 e. The van der Waals surface area contributed by atoms with E-state index in [1.54, 1.807) is 0 Å². The molecule has 0 aromatic rings. The zero-order chi connectivity index (χ0) is 13.6. The molecule has 18 heavy (non-hydrogen) atoms. The maximum Gasteiger partial charge on any atom is 0.338 e. The third-order valence-electron chi connectivity index (χ3n) is 3.58. The third-order valence-corrected chi connectivity index (χ3v) is 3.58. The van der Waals surface area contributed by atoms with Gasteiger partial charge in [0.25, 0.3) is 0 Å². The Bertz CT molecular complexity index is 263. The van der Waals surface area contributed by atoms with Crippen LogP contribution in [0.2, 0.25) is 0 Å². The largest absolute Gasteiger partial charge is 0.467 e. The van der Waals surface area contributed by atoms with Crippen molar-refractivity contribution in [1.29, 1.82) is 0 Å². The zero-order valence-corrected chi connectivity index (χ0v) is 11.7. The van der Waals surface area contributed by atoms with Gasteiger partial charge in [-0.1, -0.05) is 6.92 Å². The number of likely N-dealkylation sites (N-methyl/N-ethyl adjacent to an activating group) is 1. The van der Waals surface area contributed by atoms with E-state index in [9.17, 15) is 9.90 Å². The van der Waals surface area contributed by atoms with E-state index in [2.05, 4.69) is 21.9 Å². The van der Waals surface area contributed by atoms with E-state index in [0.29, 0.717) is 12.5 Å². The minimum Gasteiger partial charge on any atom is -0.467 e. The average Bonchev–Trinajstić information content (AvgIpc) is 2.37. The fraction of sp³-hybridized carbons (Fsp3) is 0.923. The van der Waals surface area contributed by atoms with E-state index in [1.165, 1.54) is 14.0 Å². The van der Waals surface area contributed by atoms with Gasteiger partial charge >= 0.3 is 5.97 Å². The van der Waals surface area contributed by atoms with Gasteiger partial charge < -0.3 is 15.2 Å². The number of carbonyl (C=O) groups is 1. The maximum atomic E-state index is 11.5. The Balaban J connectivity index is 2.47. The summed E-state index contributed by atoms with van der Waals surface area (Å²) in [4.78, 5) is 13.6. The second-order valence-corrected chi connectivity index (χ2v) is 5.29. The molecule has 1 atom stereocenters. The van der Waals surface area contributed by atoms with Crippen molar-refractivity contribution in [2.45, 2.75) is 32.3 Å². The van der Waals surface area contributed by atoms with Crippen molar-refractivity contribution in [3.63, 3.8) is 0 Å². The molecule has 1 aliphatic rings. The van der Waals surface area contributed by atoms with Crippen molar-refractivity contribution in [1.82, 2.24) is 10.2 Å². The highest BCUT2D eigenvalue weighted by Gasteiger charge is 2.33. The Morgan fingerprint density at radius 1 is 1.50 bits per heavy atom. The van der Waals surface area contributed by atoms with Gasteiger partial charge in [-0.25, -0.2) is 4.79 Å². The number of carbonyl (C=O) groups excluding carboxylic acids is 1. The van der Waals surface area contributed by atoms with Crippen LogP contribution in [-0.4, -0.2) is 61.4 Å². The summed E-state index contributed by atoms with van der Waals surface area (Å²) in [5.74, 6) is 0.0888. The van der Waals surface area contributed by atoms with Crippen LogP contribution < -0.4 is 5.32 Å². The Labute approximate surface area is 109 Å². The predicted molar refractivity (Wildman–Crippen MR) is 70.3 cm³/mol. The van der Waals surface area contributed by atoms with Gasteiger partial charge in [-0.2, -0.15) is 0 Å². The molecule has 1 saturated heterocycles. The number of nitrogens with zero attached hydrogens (tertiary/aromatic N) is 1. The van der Waals surface area contributed by atoms with Gasteiger partial charge in [-0.05, 0) is 45.3 Å². The van der Waals surface area contributed by atoms with E-state index in [-0.39, 0.29) is 0 Å². The molecule has 5 nitrogen and oxygen atoms in total. The van der Waals surface area contributed by atoms with Crippen LogP contribution in [0.4, 0.5) is 0 Å². The van der Waals surface area contributed by atoms with Crippen molar-refractivity contribution in [2.75, 3.05) is 39.8 Å². The molecule has 0 spiro atoms. The highest BCUT2D eigenvalue weighted by molar-refractivity contribution is 5.78. The summed E-state index contributed by atoms with van der Waals surface area (Å²) < 4.78 is 4.62. The second-order valence-electron chi connectivity index (χ2n) is 5.29. The fourth-order valence-electron chi connectivity index (χ4n) is 2.45. The first-order chi connectivity index (χ1) is 8.49. The number of piperidine rings is 1. The number of rotatable bonds is 6. The lowest BCUT2D eigenvalue weighted by Gasteiger charge is -2.33. The summed E-state index contributed by atoms with van der Waals surface area (Å²) in [5.41, 5.74) is -1.42. The maximum absolute atomic E-state index is 11.5. The fourth-order valence-corrected chi connectivity index (χ4v) is 2.45. The lowest BCUT2D eigenvalue weighted by molar-refractivity contribution is -0.162. The number of aliphatic hydroxyl groups is 1. The van der Waals surface area contributed by atoms with Gasteiger partial charge in [0, 0.05) is 13.1 Å². The van der Waals surface area contributed by atoms with Crippen LogP contribution in [-0.2, 0) is 9.53 Å². The van der Waals surface area contributed by atoms with E-state index in [1.807, 2.05) is 0 Å². The standard InChI is InChI=1S/C13H26N2O3/c1-4-15(9-11-5-7-14-8-6-11)10-13(2,17)12(16)18-3/h11,14,17H,4-10H2,1-3H3. The normalized spacial score (nSPS) is 20.7. The first-order valence-electron chi connectivity index (χ1n) is 6.73. The van der Waals surface area contributed by atoms with Crippen LogP contribution in [0, 0.1) is 5.92 Å². The molecule has 1 heterocycles. The van der Waals surface area contributed by atoms with Crippen LogP contribution in [0.1, 0.15) is 26.7 Å². The Morgan fingerprint density at radius 2 is 2.11 bits per heavy atom.